The third-order valence-corrected chi connectivity index (χ3v) is 2.59. The minimum Gasteiger partial charge on any atom is -0.382 e. The number of nitrogens with two attached hydrogens (primary N) is 1. The molecule has 0 bridgehead atoms. The number of aromatic nitrogens is 2. The lowest BCUT2D eigenvalue weighted by molar-refractivity contribution is 0.0945. The topological polar surface area (TPSA) is 80.9 Å². The zero-order valence-electron chi connectivity index (χ0n) is 10.1. The molecule has 0 fully saturated rings. The molecule has 0 saturated heterocycles. The van der Waals surface area contributed by atoms with Crippen molar-refractivity contribution in [2.24, 2.45) is 0 Å². The maximum absolute atomic E-state index is 11.8. The maximum Gasteiger partial charge on any atom is 0.271 e. The predicted molar refractivity (Wildman–Crippen MR) is 68.8 cm³/mol. The number of amides is 1. The van der Waals surface area contributed by atoms with Crippen LogP contribution in [0.15, 0.2) is 36.7 Å². The highest BCUT2D eigenvalue weighted by atomic mass is 16.1. The van der Waals surface area contributed by atoms with Gasteiger partial charge >= 0.3 is 0 Å². The maximum atomic E-state index is 11.8. The second kappa shape index (κ2) is 5.27. The Morgan fingerprint density at radius 1 is 1.33 bits per heavy atom. The number of nitrogen functional groups attached to an aromatic ring is 1. The summed E-state index contributed by atoms with van der Waals surface area (Å²) in [6, 6.07) is 7.88. The summed E-state index contributed by atoms with van der Waals surface area (Å²) in [4.78, 5) is 19.6. The molecule has 2 aromatic rings. The highest BCUT2D eigenvalue weighted by molar-refractivity contribution is 5.92. The Labute approximate surface area is 105 Å². The number of anilines is 1. The van der Waals surface area contributed by atoms with Crippen LogP contribution in [-0.2, 0) is 6.54 Å². The first-order valence-corrected chi connectivity index (χ1v) is 5.57. The fourth-order valence-electron chi connectivity index (χ4n) is 1.56. The van der Waals surface area contributed by atoms with Crippen LogP contribution in [0, 0.1) is 6.92 Å². The third-order valence-electron chi connectivity index (χ3n) is 2.59. The van der Waals surface area contributed by atoms with E-state index in [-0.39, 0.29) is 17.4 Å². The van der Waals surface area contributed by atoms with Crippen molar-refractivity contribution >= 4 is 11.7 Å². The second-order valence-corrected chi connectivity index (χ2v) is 3.94. The zero-order valence-corrected chi connectivity index (χ0v) is 10.1. The highest BCUT2D eigenvalue weighted by Crippen LogP contribution is 2.06. The summed E-state index contributed by atoms with van der Waals surface area (Å²) in [5.41, 5.74) is 7.91. The van der Waals surface area contributed by atoms with Crippen molar-refractivity contribution in [1.82, 2.24) is 15.3 Å². The van der Waals surface area contributed by atoms with E-state index in [9.17, 15) is 4.79 Å². The number of carbonyl (C=O) groups is 1. The van der Waals surface area contributed by atoms with E-state index in [1.165, 1.54) is 12.4 Å². The van der Waals surface area contributed by atoms with Gasteiger partial charge in [-0.2, -0.15) is 0 Å². The van der Waals surface area contributed by atoms with Crippen molar-refractivity contribution < 1.29 is 4.79 Å². The zero-order chi connectivity index (χ0) is 13.0. The van der Waals surface area contributed by atoms with Crippen molar-refractivity contribution in [3.8, 4) is 0 Å². The van der Waals surface area contributed by atoms with Gasteiger partial charge in [-0.05, 0) is 18.1 Å². The van der Waals surface area contributed by atoms with Crippen LogP contribution in [0.2, 0.25) is 0 Å². The Kier molecular flexibility index (Phi) is 3.52. The van der Waals surface area contributed by atoms with Gasteiger partial charge in [0.05, 0.1) is 12.4 Å². The van der Waals surface area contributed by atoms with Crippen LogP contribution in [0.4, 0.5) is 5.82 Å². The molecule has 0 spiro atoms. The molecule has 0 atom stereocenters. The fraction of sp³-hybridized carbons (Fsp3) is 0.154. The van der Waals surface area contributed by atoms with E-state index >= 15 is 0 Å². The van der Waals surface area contributed by atoms with Gasteiger partial charge < -0.3 is 11.1 Å². The van der Waals surface area contributed by atoms with Crippen molar-refractivity contribution in [3.63, 3.8) is 0 Å². The number of nitrogens with zero attached hydrogens (tertiary/aromatic N) is 2. The molecular formula is C13H14N4O. The Morgan fingerprint density at radius 3 is 2.83 bits per heavy atom. The molecule has 0 aliphatic carbocycles. The molecule has 0 radical (unpaired) electrons. The van der Waals surface area contributed by atoms with E-state index in [4.69, 9.17) is 5.73 Å². The number of aryl methyl sites for hydroxylation is 1. The Morgan fingerprint density at radius 2 is 2.11 bits per heavy atom. The minimum atomic E-state index is -0.280. The summed E-state index contributed by atoms with van der Waals surface area (Å²) in [5.74, 6) is -0.0448. The van der Waals surface area contributed by atoms with Crippen molar-refractivity contribution in [3.05, 3.63) is 53.5 Å². The quantitative estimate of drug-likeness (QED) is 0.850. The third kappa shape index (κ3) is 2.82. The van der Waals surface area contributed by atoms with Gasteiger partial charge in [-0.3, -0.25) is 9.78 Å². The molecule has 0 unspecified atom stereocenters. The number of carbonyl (C=O) groups excluding carboxylic acids is 1. The summed E-state index contributed by atoms with van der Waals surface area (Å²) < 4.78 is 0. The summed E-state index contributed by atoms with van der Waals surface area (Å²) in [6.07, 6.45) is 2.79. The summed E-state index contributed by atoms with van der Waals surface area (Å²) in [7, 11) is 0. The SMILES string of the molecule is Cc1ccccc1CNC(=O)c1cncc(N)n1. The van der Waals surface area contributed by atoms with E-state index in [0.717, 1.165) is 11.1 Å². The molecule has 5 nitrogen and oxygen atoms in total. The van der Waals surface area contributed by atoms with Gasteiger partial charge in [-0.1, -0.05) is 24.3 Å². The molecule has 0 aliphatic heterocycles. The first kappa shape index (κ1) is 12.0. The average molecular weight is 242 g/mol. The monoisotopic (exact) mass is 242 g/mol. The van der Waals surface area contributed by atoms with Gasteiger partial charge in [0, 0.05) is 6.54 Å². The lowest BCUT2D eigenvalue weighted by Gasteiger charge is -2.07. The van der Waals surface area contributed by atoms with E-state index in [1.54, 1.807) is 0 Å². The van der Waals surface area contributed by atoms with E-state index < -0.39 is 0 Å². The standard InChI is InChI=1S/C13H14N4O/c1-9-4-2-3-5-10(9)6-16-13(18)11-7-15-8-12(14)17-11/h2-5,7-8H,6H2,1H3,(H2,14,17)(H,16,18). The highest BCUT2D eigenvalue weighted by Gasteiger charge is 2.08. The number of hydrogen-bond donors (Lipinski definition) is 2. The predicted octanol–water partition coefficient (Wildman–Crippen LogP) is 1.30. The van der Waals surface area contributed by atoms with Gasteiger partial charge in [0.1, 0.15) is 11.5 Å². The molecule has 2 rings (SSSR count). The molecule has 18 heavy (non-hydrogen) atoms. The van der Waals surface area contributed by atoms with E-state index in [0.29, 0.717) is 6.54 Å². The molecule has 1 amide bonds. The number of nitrogens with one attached hydrogen (secondary N) is 1. The number of benzene rings is 1. The van der Waals surface area contributed by atoms with Crippen LogP contribution in [0.1, 0.15) is 21.6 Å². The summed E-state index contributed by atoms with van der Waals surface area (Å²) in [5, 5.41) is 2.79. The fourth-order valence-corrected chi connectivity index (χ4v) is 1.56. The molecule has 0 saturated carbocycles. The molecule has 3 N–H and O–H groups in total. The van der Waals surface area contributed by atoms with Crippen LogP contribution in [0.3, 0.4) is 0 Å². The normalized spacial score (nSPS) is 10.1. The summed E-state index contributed by atoms with van der Waals surface area (Å²) >= 11 is 0. The molecule has 1 heterocycles. The number of hydrogen-bond acceptors (Lipinski definition) is 4. The van der Waals surface area contributed by atoms with Gasteiger partial charge in [-0.15, -0.1) is 0 Å². The molecule has 0 aliphatic rings. The Hall–Kier alpha value is -2.43. The van der Waals surface area contributed by atoms with Gasteiger partial charge in [-0.25, -0.2) is 4.98 Å². The molecule has 1 aromatic carbocycles. The van der Waals surface area contributed by atoms with E-state index in [2.05, 4.69) is 15.3 Å². The Bertz CT molecular complexity index is 568. The van der Waals surface area contributed by atoms with Gasteiger partial charge in [0.25, 0.3) is 5.91 Å². The number of rotatable bonds is 3. The van der Waals surface area contributed by atoms with Crippen LogP contribution >= 0.6 is 0 Å². The van der Waals surface area contributed by atoms with Crippen LogP contribution in [0.25, 0.3) is 0 Å². The smallest absolute Gasteiger partial charge is 0.271 e. The minimum absolute atomic E-state index is 0.226. The molecule has 1 aromatic heterocycles. The van der Waals surface area contributed by atoms with Crippen LogP contribution < -0.4 is 11.1 Å². The summed E-state index contributed by atoms with van der Waals surface area (Å²) in [6.45, 7) is 2.46. The second-order valence-electron chi connectivity index (χ2n) is 3.94. The van der Waals surface area contributed by atoms with Crippen molar-refractivity contribution in [2.45, 2.75) is 13.5 Å². The lowest BCUT2D eigenvalue weighted by Crippen LogP contribution is -2.24. The van der Waals surface area contributed by atoms with Crippen LogP contribution in [-0.4, -0.2) is 15.9 Å². The van der Waals surface area contributed by atoms with E-state index in [1.807, 2.05) is 31.2 Å². The first-order chi connectivity index (χ1) is 8.66. The lowest BCUT2D eigenvalue weighted by atomic mass is 10.1. The van der Waals surface area contributed by atoms with Crippen LogP contribution in [0.5, 0.6) is 0 Å². The van der Waals surface area contributed by atoms with Gasteiger partial charge in [0.2, 0.25) is 0 Å². The molecular weight excluding hydrogens is 228 g/mol. The van der Waals surface area contributed by atoms with Crippen molar-refractivity contribution in [2.75, 3.05) is 5.73 Å². The Balaban J connectivity index is 2.03. The van der Waals surface area contributed by atoms with Gasteiger partial charge in [0.15, 0.2) is 0 Å². The van der Waals surface area contributed by atoms with Crippen molar-refractivity contribution in [1.29, 1.82) is 0 Å². The largest absolute Gasteiger partial charge is 0.382 e. The molecule has 92 valence electrons. The molecule has 5 heteroatoms. The average Bonchev–Trinajstić information content (AvgIpc) is 2.37. The first-order valence-electron chi connectivity index (χ1n) is 5.57.